The lowest BCUT2D eigenvalue weighted by atomic mass is 9.88. The molecule has 4 rings (SSSR count). The normalized spacial score (nSPS) is 16.1. The van der Waals surface area contributed by atoms with Crippen molar-refractivity contribution in [2.75, 3.05) is 13.1 Å². The zero-order valence-electron chi connectivity index (χ0n) is 20.3. The van der Waals surface area contributed by atoms with Gasteiger partial charge in [0, 0.05) is 6.54 Å². The molecule has 7 nitrogen and oxygen atoms in total. The Morgan fingerprint density at radius 1 is 1.03 bits per heavy atom. The van der Waals surface area contributed by atoms with Gasteiger partial charge in [-0.25, -0.2) is 18.1 Å². The minimum atomic E-state index is -4.48. The SMILES string of the molecule is CC(C)S(=O)(=O)Cc1cccc(C2CCN(Cc3cn(Cc4cccc(C(F)(F)F)n4)nn3)CC2)c1. The van der Waals surface area contributed by atoms with Gasteiger partial charge in [-0.15, -0.1) is 5.10 Å². The van der Waals surface area contributed by atoms with Gasteiger partial charge in [0.2, 0.25) is 0 Å². The van der Waals surface area contributed by atoms with E-state index in [9.17, 15) is 21.6 Å². The highest BCUT2D eigenvalue weighted by Gasteiger charge is 2.32. The van der Waals surface area contributed by atoms with E-state index >= 15 is 0 Å². The first-order valence-electron chi connectivity index (χ1n) is 11.9. The van der Waals surface area contributed by atoms with Crippen LogP contribution in [-0.2, 0) is 34.9 Å². The van der Waals surface area contributed by atoms with Crippen LogP contribution in [0, 0.1) is 0 Å². The van der Waals surface area contributed by atoms with Gasteiger partial charge in [-0.1, -0.05) is 35.5 Å². The average molecular weight is 522 g/mol. The molecule has 0 atom stereocenters. The molecule has 2 aromatic heterocycles. The van der Waals surface area contributed by atoms with E-state index in [-0.39, 0.29) is 18.0 Å². The Balaban J connectivity index is 1.31. The molecule has 1 aliphatic rings. The van der Waals surface area contributed by atoms with Crippen molar-refractivity contribution < 1.29 is 21.6 Å². The molecule has 0 unspecified atom stereocenters. The van der Waals surface area contributed by atoms with Gasteiger partial charge in [0.1, 0.15) is 5.69 Å². The van der Waals surface area contributed by atoms with Crippen molar-refractivity contribution in [3.05, 3.63) is 76.9 Å². The van der Waals surface area contributed by atoms with E-state index in [1.165, 1.54) is 22.4 Å². The molecule has 3 aromatic rings. The zero-order valence-corrected chi connectivity index (χ0v) is 21.1. The molecule has 0 bridgehead atoms. The molecule has 194 valence electrons. The van der Waals surface area contributed by atoms with E-state index in [1.54, 1.807) is 20.0 Å². The van der Waals surface area contributed by atoms with Gasteiger partial charge in [-0.3, -0.25) is 4.90 Å². The molecule has 36 heavy (non-hydrogen) atoms. The van der Waals surface area contributed by atoms with Crippen LogP contribution in [0.5, 0.6) is 0 Å². The fourth-order valence-electron chi connectivity index (χ4n) is 4.37. The van der Waals surface area contributed by atoms with Crippen molar-refractivity contribution in [1.29, 1.82) is 0 Å². The van der Waals surface area contributed by atoms with Crippen molar-refractivity contribution in [2.24, 2.45) is 0 Å². The highest BCUT2D eigenvalue weighted by molar-refractivity contribution is 7.91. The van der Waals surface area contributed by atoms with Crippen LogP contribution in [0.2, 0.25) is 0 Å². The summed E-state index contributed by atoms with van der Waals surface area (Å²) in [6.45, 7) is 5.85. The third-order valence-electron chi connectivity index (χ3n) is 6.49. The third kappa shape index (κ3) is 6.70. The lowest BCUT2D eigenvalue weighted by Crippen LogP contribution is -2.32. The maximum atomic E-state index is 12.9. The van der Waals surface area contributed by atoms with E-state index in [4.69, 9.17) is 0 Å². The van der Waals surface area contributed by atoms with Crippen molar-refractivity contribution in [1.82, 2.24) is 24.9 Å². The van der Waals surface area contributed by atoms with Crippen molar-refractivity contribution in [3.63, 3.8) is 0 Å². The molecule has 1 fully saturated rings. The van der Waals surface area contributed by atoms with Crippen molar-refractivity contribution in [3.8, 4) is 0 Å². The summed E-state index contributed by atoms with van der Waals surface area (Å²) in [7, 11) is -3.15. The van der Waals surface area contributed by atoms with E-state index in [0.717, 1.165) is 43.3 Å². The summed E-state index contributed by atoms with van der Waals surface area (Å²) in [6, 6.07) is 11.7. The van der Waals surface area contributed by atoms with Gasteiger partial charge in [-0.05, 0) is 69.0 Å². The Morgan fingerprint density at radius 3 is 2.44 bits per heavy atom. The second-order valence-electron chi connectivity index (χ2n) is 9.57. The summed E-state index contributed by atoms with van der Waals surface area (Å²) in [4.78, 5) is 5.96. The first-order valence-corrected chi connectivity index (χ1v) is 13.7. The number of hydrogen-bond donors (Lipinski definition) is 0. The molecule has 0 saturated carbocycles. The quantitative estimate of drug-likeness (QED) is 0.436. The fourth-order valence-corrected chi connectivity index (χ4v) is 5.35. The van der Waals surface area contributed by atoms with E-state index < -0.39 is 27.0 Å². The Labute approximate surface area is 209 Å². The van der Waals surface area contributed by atoms with E-state index in [0.29, 0.717) is 12.5 Å². The summed E-state index contributed by atoms with van der Waals surface area (Å²) < 4.78 is 64.8. The number of aromatic nitrogens is 4. The summed E-state index contributed by atoms with van der Waals surface area (Å²) in [5.41, 5.74) is 2.10. The predicted octanol–water partition coefficient (Wildman–Crippen LogP) is 4.44. The summed E-state index contributed by atoms with van der Waals surface area (Å²) >= 11 is 0. The van der Waals surface area contributed by atoms with Crippen LogP contribution in [0.1, 0.15) is 60.8 Å². The van der Waals surface area contributed by atoms with Crippen LogP contribution in [0.25, 0.3) is 0 Å². The monoisotopic (exact) mass is 521 g/mol. The molecular weight excluding hydrogens is 491 g/mol. The largest absolute Gasteiger partial charge is 0.433 e. The van der Waals surface area contributed by atoms with Crippen molar-refractivity contribution >= 4 is 9.84 Å². The number of rotatable bonds is 8. The Bertz CT molecular complexity index is 1280. The maximum Gasteiger partial charge on any atom is 0.433 e. The van der Waals surface area contributed by atoms with Crippen molar-refractivity contribution in [2.45, 2.75) is 62.9 Å². The lowest BCUT2D eigenvalue weighted by Gasteiger charge is -2.31. The third-order valence-corrected chi connectivity index (χ3v) is 8.66. The number of alkyl halides is 3. The first kappa shape index (κ1) is 26.3. The van der Waals surface area contributed by atoms with Crippen LogP contribution in [0.4, 0.5) is 13.2 Å². The van der Waals surface area contributed by atoms with Crippen LogP contribution in [0.3, 0.4) is 0 Å². The molecule has 0 amide bonds. The smallest absolute Gasteiger partial charge is 0.297 e. The molecule has 3 heterocycles. The lowest BCUT2D eigenvalue weighted by molar-refractivity contribution is -0.141. The first-order chi connectivity index (χ1) is 17.0. The second kappa shape index (κ2) is 10.7. The summed E-state index contributed by atoms with van der Waals surface area (Å²) in [5.74, 6) is 0.425. The summed E-state index contributed by atoms with van der Waals surface area (Å²) in [5, 5.41) is 7.83. The molecule has 1 aromatic carbocycles. The van der Waals surface area contributed by atoms with E-state index in [2.05, 4.69) is 26.3 Å². The standard InChI is InChI=1S/C25H30F3N5O2S/c1-18(2)36(34,35)17-19-5-3-6-21(13-19)20-9-11-32(12-10-20)14-23-16-33(31-30-23)15-22-7-4-8-24(29-22)25(26,27)28/h3-8,13,16,18,20H,9-12,14-15,17H2,1-2H3. The van der Waals surface area contributed by atoms with Gasteiger partial charge in [0.05, 0.1) is 35.1 Å². The highest BCUT2D eigenvalue weighted by Crippen LogP contribution is 2.30. The molecule has 1 saturated heterocycles. The zero-order chi connectivity index (χ0) is 25.9. The minimum Gasteiger partial charge on any atom is -0.297 e. The number of pyridine rings is 1. The topological polar surface area (TPSA) is 81.0 Å². The van der Waals surface area contributed by atoms with Crippen LogP contribution < -0.4 is 0 Å². The Hall–Kier alpha value is -2.79. The molecule has 0 spiro atoms. The average Bonchev–Trinajstić information content (AvgIpc) is 3.25. The van der Waals surface area contributed by atoms with Crippen LogP contribution in [0.15, 0.2) is 48.7 Å². The molecule has 1 aliphatic heterocycles. The van der Waals surface area contributed by atoms with Crippen LogP contribution >= 0.6 is 0 Å². The molecule has 11 heteroatoms. The molecular formula is C25H30F3N5O2S. The number of likely N-dealkylation sites (tertiary alicyclic amines) is 1. The van der Waals surface area contributed by atoms with Gasteiger partial charge >= 0.3 is 6.18 Å². The second-order valence-corrected chi connectivity index (χ2v) is 12.1. The molecule has 0 radical (unpaired) electrons. The Kier molecular flexibility index (Phi) is 7.79. The summed E-state index contributed by atoms with van der Waals surface area (Å²) in [6.07, 6.45) is -0.846. The number of sulfone groups is 1. The van der Waals surface area contributed by atoms with E-state index in [1.807, 2.05) is 18.2 Å². The number of nitrogens with zero attached hydrogens (tertiary/aromatic N) is 5. The number of hydrogen-bond acceptors (Lipinski definition) is 6. The van der Waals surface area contributed by atoms with Crippen LogP contribution in [-0.4, -0.2) is 51.6 Å². The maximum absolute atomic E-state index is 12.9. The Morgan fingerprint density at radius 2 is 1.75 bits per heavy atom. The number of benzene rings is 1. The molecule has 0 N–H and O–H groups in total. The predicted molar refractivity (Wildman–Crippen MR) is 130 cm³/mol. The minimum absolute atomic E-state index is 0.0586. The highest BCUT2D eigenvalue weighted by atomic mass is 32.2. The fraction of sp³-hybridized carbons (Fsp3) is 0.480. The van der Waals surface area contributed by atoms with Gasteiger partial charge in [0.15, 0.2) is 9.84 Å². The van der Waals surface area contributed by atoms with Gasteiger partial charge in [0.25, 0.3) is 0 Å². The van der Waals surface area contributed by atoms with Gasteiger partial charge < -0.3 is 0 Å². The molecule has 0 aliphatic carbocycles. The number of halogens is 3. The van der Waals surface area contributed by atoms with Gasteiger partial charge in [-0.2, -0.15) is 13.2 Å². The number of piperidine rings is 1.